The zero-order chi connectivity index (χ0) is 19.2. The molecule has 0 saturated heterocycles. The molecule has 0 unspecified atom stereocenters. The maximum atomic E-state index is 12.2. The molecule has 5 nitrogen and oxygen atoms in total. The number of aryl methyl sites for hydroxylation is 2. The van der Waals surface area contributed by atoms with Crippen LogP contribution in [0.5, 0.6) is 0 Å². The lowest BCUT2D eigenvalue weighted by atomic mass is 9.98. The van der Waals surface area contributed by atoms with E-state index in [1.165, 1.54) is 0 Å². The molecular formula is C21H28N2O3. The average molecular weight is 356 g/mol. The summed E-state index contributed by atoms with van der Waals surface area (Å²) in [5, 5.41) is 12.7. The molecule has 0 spiro atoms. The number of hydrogen-bond acceptors (Lipinski definition) is 3. The van der Waals surface area contributed by atoms with Crippen molar-refractivity contribution in [2.45, 2.75) is 52.2 Å². The van der Waals surface area contributed by atoms with Gasteiger partial charge in [0.25, 0.3) is 11.5 Å². The highest BCUT2D eigenvalue weighted by Crippen LogP contribution is 2.13. The number of carbonyl (C=O) groups excluding carboxylic acids is 1. The van der Waals surface area contributed by atoms with E-state index in [2.05, 4.69) is 5.32 Å². The molecule has 0 atom stereocenters. The molecule has 0 aliphatic rings. The number of hydrogen-bond donors (Lipinski definition) is 2. The van der Waals surface area contributed by atoms with E-state index in [1.807, 2.05) is 25.1 Å². The van der Waals surface area contributed by atoms with E-state index in [4.69, 9.17) is 0 Å². The number of amides is 1. The molecule has 1 aromatic heterocycles. The van der Waals surface area contributed by atoms with Crippen molar-refractivity contribution < 1.29 is 9.90 Å². The van der Waals surface area contributed by atoms with Crippen molar-refractivity contribution >= 4 is 5.91 Å². The second-order valence-corrected chi connectivity index (χ2v) is 7.28. The maximum absolute atomic E-state index is 12.2. The van der Waals surface area contributed by atoms with Crippen LogP contribution >= 0.6 is 0 Å². The molecule has 1 heterocycles. The van der Waals surface area contributed by atoms with Gasteiger partial charge >= 0.3 is 0 Å². The largest absolute Gasteiger partial charge is 0.390 e. The molecule has 2 aromatic rings. The highest BCUT2D eigenvalue weighted by atomic mass is 16.3. The van der Waals surface area contributed by atoms with Gasteiger partial charge < -0.3 is 15.0 Å². The molecule has 2 N–H and O–H groups in total. The zero-order valence-electron chi connectivity index (χ0n) is 15.8. The Morgan fingerprint density at radius 1 is 1.15 bits per heavy atom. The van der Waals surface area contributed by atoms with Crippen LogP contribution in [-0.2, 0) is 13.0 Å². The Morgan fingerprint density at radius 3 is 2.46 bits per heavy atom. The molecule has 0 bridgehead atoms. The Morgan fingerprint density at radius 2 is 1.85 bits per heavy atom. The van der Waals surface area contributed by atoms with Crippen molar-refractivity contribution in [1.82, 2.24) is 9.88 Å². The van der Waals surface area contributed by atoms with Crippen LogP contribution in [0.15, 0.2) is 47.3 Å². The van der Waals surface area contributed by atoms with Crippen molar-refractivity contribution in [2.24, 2.45) is 0 Å². The van der Waals surface area contributed by atoms with E-state index < -0.39 is 5.60 Å². The second kappa shape index (κ2) is 8.81. The van der Waals surface area contributed by atoms with Crippen LogP contribution in [0.1, 0.15) is 48.3 Å². The summed E-state index contributed by atoms with van der Waals surface area (Å²) in [4.78, 5) is 24.0. The van der Waals surface area contributed by atoms with Crippen molar-refractivity contribution in [3.8, 4) is 0 Å². The highest BCUT2D eigenvalue weighted by Gasteiger charge is 2.12. The van der Waals surface area contributed by atoms with Gasteiger partial charge in [-0.3, -0.25) is 9.59 Å². The van der Waals surface area contributed by atoms with E-state index in [0.29, 0.717) is 31.5 Å². The third-order valence-electron chi connectivity index (χ3n) is 4.35. The minimum atomic E-state index is -0.685. The Hall–Kier alpha value is -2.40. The van der Waals surface area contributed by atoms with Crippen LogP contribution in [0.4, 0.5) is 0 Å². The number of aliphatic hydroxyl groups is 1. The Kier molecular flexibility index (Phi) is 6.75. The SMILES string of the molecule is Cc1cccc(=O)n1CCCNC(=O)c1ccc(CCC(C)(C)O)cc1. The zero-order valence-corrected chi connectivity index (χ0v) is 15.8. The molecule has 2 rings (SSSR count). The Labute approximate surface area is 154 Å². The van der Waals surface area contributed by atoms with Crippen molar-refractivity contribution in [2.75, 3.05) is 6.54 Å². The lowest BCUT2D eigenvalue weighted by molar-refractivity contribution is 0.0713. The Balaban J connectivity index is 1.80. The average Bonchev–Trinajstić information content (AvgIpc) is 2.58. The smallest absolute Gasteiger partial charge is 0.251 e. The number of aromatic nitrogens is 1. The van der Waals surface area contributed by atoms with Crippen molar-refractivity contribution in [3.63, 3.8) is 0 Å². The minimum absolute atomic E-state index is 0.0158. The van der Waals surface area contributed by atoms with Crippen LogP contribution in [0.25, 0.3) is 0 Å². The van der Waals surface area contributed by atoms with Crippen LogP contribution in [0.2, 0.25) is 0 Å². The van der Waals surface area contributed by atoms with Crippen molar-refractivity contribution in [1.29, 1.82) is 0 Å². The normalized spacial score (nSPS) is 11.4. The van der Waals surface area contributed by atoms with Gasteiger partial charge in [-0.25, -0.2) is 0 Å². The Bertz CT molecular complexity index is 786. The topological polar surface area (TPSA) is 71.3 Å². The summed E-state index contributed by atoms with van der Waals surface area (Å²) >= 11 is 0. The van der Waals surface area contributed by atoms with Crippen LogP contribution < -0.4 is 10.9 Å². The fourth-order valence-corrected chi connectivity index (χ4v) is 2.72. The summed E-state index contributed by atoms with van der Waals surface area (Å²) in [6.45, 7) is 6.58. The summed E-state index contributed by atoms with van der Waals surface area (Å²) < 4.78 is 1.71. The van der Waals surface area contributed by atoms with E-state index >= 15 is 0 Å². The highest BCUT2D eigenvalue weighted by molar-refractivity contribution is 5.94. The van der Waals surface area contributed by atoms with Gasteiger partial charge in [-0.2, -0.15) is 0 Å². The first-order chi connectivity index (χ1) is 12.3. The first-order valence-electron chi connectivity index (χ1n) is 9.02. The lowest BCUT2D eigenvalue weighted by Gasteiger charge is -2.16. The monoisotopic (exact) mass is 356 g/mol. The van der Waals surface area contributed by atoms with E-state index in [0.717, 1.165) is 17.7 Å². The minimum Gasteiger partial charge on any atom is -0.390 e. The van der Waals surface area contributed by atoms with Gasteiger partial charge in [0.15, 0.2) is 0 Å². The summed E-state index contributed by atoms with van der Waals surface area (Å²) in [6, 6.07) is 12.7. The molecule has 0 aliphatic heterocycles. The molecule has 140 valence electrons. The predicted molar refractivity (Wildman–Crippen MR) is 103 cm³/mol. The molecule has 0 radical (unpaired) electrons. The molecule has 1 amide bonds. The molecule has 5 heteroatoms. The van der Waals surface area contributed by atoms with Gasteiger partial charge in [0.05, 0.1) is 5.60 Å². The summed E-state index contributed by atoms with van der Waals surface area (Å²) in [5.41, 5.74) is 1.94. The van der Waals surface area contributed by atoms with Crippen LogP contribution in [0, 0.1) is 6.92 Å². The fourth-order valence-electron chi connectivity index (χ4n) is 2.72. The molecule has 0 fully saturated rings. The van der Waals surface area contributed by atoms with Gasteiger partial charge in [0.2, 0.25) is 0 Å². The molecule has 0 saturated carbocycles. The van der Waals surface area contributed by atoms with E-state index in [9.17, 15) is 14.7 Å². The van der Waals surface area contributed by atoms with Crippen LogP contribution in [0.3, 0.4) is 0 Å². The second-order valence-electron chi connectivity index (χ2n) is 7.28. The number of rotatable bonds is 8. The van der Waals surface area contributed by atoms with Crippen molar-refractivity contribution in [3.05, 3.63) is 69.6 Å². The number of pyridine rings is 1. The van der Waals surface area contributed by atoms with Gasteiger partial charge in [-0.1, -0.05) is 18.2 Å². The van der Waals surface area contributed by atoms with E-state index in [1.54, 1.807) is 42.7 Å². The molecule has 0 aliphatic carbocycles. The van der Waals surface area contributed by atoms with Crippen LogP contribution in [-0.4, -0.2) is 27.7 Å². The first kappa shape index (κ1) is 19.9. The first-order valence-corrected chi connectivity index (χ1v) is 9.02. The third kappa shape index (κ3) is 6.15. The molecule has 1 aromatic carbocycles. The predicted octanol–water partition coefficient (Wildman–Crippen LogP) is 2.68. The summed E-state index contributed by atoms with van der Waals surface area (Å²) in [5.74, 6) is -0.115. The number of carbonyl (C=O) groups is 1. The summed E-state index contributed by atoms with van der Waals surface area (Å²) in [7, 11) is 0. The van der Waals surface area contributed by atoms with E-state index in [-0.39, 0.29) is 11.5 Å². The number of nitrogens with zero attached hydrogens (tertiary/aromatic N) is 1. The standard InChI is InChI=1S/C21H28N2O3/c1-16-6-4-7-19(24)23(16)15-5-14-22-20(25)18-10-8-17(9-11-18)12-13-21(2,3)26/h4,6-11,26H,5,12-15H2,1-3H3,(H,22,25). The third-order valence-corrected chi connectivity index (χ3v) is 4.35. The fraction of sp³-hybridized carbons (Fsp3) is 0.429. The maximum Gasteiger partial charge on any atom is 0.251 e. The number of benzene rings is 1. The summed E-state index contributed by atoms with van der Waals surface area (Å²) in [6.07, 6.45) is 2.15. The van der Waals surface area contributed by atoms with Gasteiger partial charge in [0.1, 0.15) is 0 Å². The molecular weight excluding hydrogens is 328 g/mol. The van der Waals surface area contributed by atoms with Gasteiger partial charge in [-0.15, -0.1) is 0 Å². The number of nitrogens with one attached hydrogen (secondary N) is 1. The lowest BCUT2D eigenvalue weighted by Crippen LogP contribution is -2.27. The van der Waals surface area contributed by atoms with Gasteiger partial charge in [0, 0.05) is 30.4 Å². The quantitative estimate of drug-likeness (QED) is 0.715. The van der Waals surface area contributed by atoms with Gasteiger partial charge in [-0.05, 0) is 63.8 Å². The molecule has 26 heavy (non-hydrogen) atoms.